The average Bonchev–Trinajstić information content (AvgIpc) is 3.49. The summed E-state index contributed by atoms with van der Waals surface area (Å²) in [6.07, 6.45) is 1.40. The number of nitro benzene ring substituents is 1. The van der Waals surface area contributed by atoms with Crippen LogP contribution in [0.25, 0.3) is 0 Å². The molecule has 8 nitrogen and oxygen atoms in total. The molecular formula is C25H29N3O5. The largest absolute Gasteiger partial charge is 0.444 e. The van der Waals surface area contributed by atoms with Crippen LogP contribution in [0.1, 0.15) is 55.7 Å². The van der Waals surface area contributed by atoms with E-state index < -0.39 is 16.9 Å². The summed E-state index contributed by atoms with van der Waals surface area (Å²) in [5.41, 5.74) is 8.32. The monoisotopic (exact) mass is 451 g/mol. The third-order valence-corrected chi connectivity index (χ3v) is 6.80. The van der Waals surface area contributed by atoms with Gasteiger partial charge in [-0.2, -0.15) is 0 Å². The van der Waals surface area contributed by atoms with Crippen LogP contribution in [0.4, 0.5) is 10.5 Å². The number of cyclic esters (lactones) is 1. The SMILES string of the molecule is CC(C)c1cccc(C2(N3C[C@@H]([C@H](CC(N)=O)Cc4ccc([N+](=O)[O-])cc4)OC3=O)CC2)c1. The Hall–Kier alpha value is -3.42. The molecule has 0 radical (unpaired) electrons. The highest BCUT2D eigenvalue weighted by Crippen LogP contribution is 2.53. The van der Waals surface area contributed by atoms with Crippen LogP contribution < -0.4 is 5.73 Å². The number of nitro groups is 1. The van der Waals surface area contributed by atoms with Gasteiger partial charge in [-0.3, -0.25) is 19.8 Å². The molecular weight excluding hydrogens is 422 g/mol. The average molecular weight is 452 g/mol. The van der Waals surface area contributed by atoms with E-state index in [2.05, 4.69) is 32.0 Å². The highest BCUT2D eigenvalue weighted by molar-refractivity contribution is 5.75. The van der Waals surface area contributed by atoms with Gasteiger partial charge in [0.1, 0.15) is 6.10 Å². The van der Waals surface area contributed by atoms with Crippen molar-refractivity contribution >= 4 is 17.7 Å². The van der Waals surface area contributed by atoms with Crippen molar-refractivity contribution < 1.29 is 19.2 Å². The van der Waals surface area contributed by atoms with Crippen molar-refractivity contribution in [2.75, 3.05) is 6.54 Å². The number of hydrogen-bond donors (Lipinski definition) is 1. The minimum atomic E-state index is -0.481. The molecule has 0 aromatic heterocycles. The Kier molecular flexibility index (Phi) is 6.10. The van der Waals surface area contributed by atoms with Crippen molar-refractivity contribution in [2.45, 2.75) is 57.1 Å². The van der Waals surface area contributed by atoms with Crippen molar-refractivity contribution in [3.8, 4) is 0 Å². The number of carbonyl (C=O) groups excluding carboxylic acids is 2. The molecule has 1 saturated carbocycles. The number of primary amides is 1. The first kappa shape index (κ1) is 22.8. The van der Waals surface area contributed by atoms with Crippen LogP contribution in [-0.4, -0.2) is 34.5 Å². The molecule has 4 rings (SSSR count). The molecule has 33 heavy (non-hydrogen) atoms. The highest BCUT2D eigenvalue weighted by Gasteiger charge is 2.56. The molecule has 2 N–H and O–H groups in total. The van der Waals surface area contributed by atoms with Crippen LogP contribution in [0.15, 0.2) is 48.5 Å². The molecule has 2 aromatic carbocycles. The summed E-state index contributed by atoms with van der Waals surface area (Å²) >= 11 is 0. The van der Waals surface area contributed by atoms with Crippen LogP contribution in [0.5, 0.6) is 0 Å². The second kappa shape index (κ2) is 8.84. The molecule has 2 fully saturated rings. The third-order valence-electron chi connectivity index (χ3n) is 6.80. The predicted molar refractivity (Wildman–Crippen MR) is 123 cm³/mol. The summed E-state index contributed by atoms with van der Waals surface area (Å²) < 4.78 is 5.77. The van der Waals surface area contributed by atoms with Gasteiger partial charge >= 0.3 is 6.09 Å². The number of hydrogen-bond acceptors (Lipinski definition) is 5. The zero-order valence-corrected chi connectivity index (χ0v) is 18.9. The van der Waals surface area contributed by atoms with E-state index in [9.17, 15) is 19.7 Å². The van der Waals surface area contributed by atoms with E-state index in [0.717, 1.165) is 24.0 Å². The number of nitrogens with zero attached hydrogens (tertiary/aromatic N) is 2. The highest BCUT2D eigenvalue weighted by atomic mass is 16.6. The van der Waals surface area contributed by atoms with Gasteiger partial charge in [0.25, 0.3) is 5.69 Å². The van der Waals surface area contributed by atoms with Gasteiger partial charge in [-0.05, 0) is 41.9 Å². The Morgan fingerprint density at radius 1 is 1.24 bits per heavy atom. The van der Waals surface area contributed by atoms with E-state index in [1.54, 1.807) is 17.0 Å². The van der Waals surface area contributed by atoms with Crippen molar-refractivity contribution in [3.05, 3.63) is 75.3 Å². The quantitative estimate of drug-likeness (QED) is 0.452. The van der Waals surface area contributed by atoms with E-state index in [-0.39, 0.29) is 29.7 Å². The summed E-state index contributed by atoms with van der Waals surface area (Å²) in [6, 6.07) is 14.6. The number of benzene rings is 2. The molecule has 174 valence electrons. The minimum Gasteiger partial charge on any atom is -0.444 e. The van der Waals surface area contributed by atoms with Crippen molar-refractivity contribution in [3.63, 3.8) is 0 Å². The lowest BCUT2D eigenvalue weighted by atomic mass is 9.90. The Bertz CT molecular complexity index is 1060. The van der Waals surface area contributed by atoms with E-state index in [4.69, 9.17) is 10.5 Å². The van der Waals surface area contributed by atoms with Gasteiger partial charge in [0.2, 0.25) is 5.91 Å². The maximum absolute atomic E-state index is 12.9. The lowest BCUT2D eigenvalue weighted by molar-refractivity contribution is -0.384. The van der Waals surface area contributed by atoms with Crippen LogP contribution >= 0.6 is 0 Å². The van der Waals surface area contributed by atoms with Gasteiger partial charge < -0.3 is 10.5 Å². The maximum Gasteiger partial charge on any atom is 0.410 e. The second-order valence-electron chi connectivity index (χ2n) is 9.40. The maximum atomic E-state index is 12.9. The Balaban J connectivity index is 1.53. The number of nitrogens with two attached hydrogens (primary N) is 1. The topological polar surface area (TPSA) is 116 Å². The number of non-ortho nitro benzene ring substituents is 1. The normalized spacial score (nSPS) is 19.9. The Labute approximate surface area is 192 Å². The molecule has 2 aromatic rings. The fraction of sp³-hybridized carbons (Fsp3) is 0.440. The first-order valence-electron chi connectivity index (χ1n) is 11.3. The van der Waals surface area contributed by atoms with Crippen LogP contribution in [0.3, 0.4) is 0 Å². The molecule has 1 saturated heterocycles. The van der Waals surface area contributed by atoms with Crippen molar-refractivity contribution in [2.24, 2.45) is 11.7 Å². The van der Waals surface area contributed by atoms with Gasteiger partial charge in [0.15, 0.2) is 0 Å². The van der Waals surface area contributed by atoms with Crippen LogP contribution in [-0.2, 0) is 21.5 Å². The molecule has 8 heteroatoms. The number of amides is 2. The number of carbonyl (C=O) groups is 2. The standard InChI is InChI=1S/C25H29N3O5/c1-16(2)18-4-3-5-20(13-18)25(10-11-25)27-15-22(33-24(27)30)19(14-23(26)29)12-17-6-8-21(9-7-17)28(31)32/h3-9,13,16,19,22H,10-12,14-15H2,1-2H3,(H2,26,29)/t19-,22-/m0/s1. The van der Waals surface area contributed by atoms with Gasteiger partial charge in [-0.25, -0.2) is 4.79 Å². The van der Waals surface area contributed by atoms with E-state index in [1.165, 1.54) is 17.7 Å². The van der Waals surface area contributed by atoms with Crippen LogP contribution in [0.2, 0.25) is 0 Å². The third kappa shape index (κ3) is 4.69. The molecule has 0 unspecified atom stereocenters. The smallest absolute Gasteiger partial charge is 0.410 e. The molecule has 0 bridgehead atoms. The first-order valence-corrected chi connectivity index (χ1v) is 11.3. The summed E-state index contributed by atoms with van der Waals surface area (Å²) in [7, 11) is 0. The zero-order chi connectivity index (χ0) is 23.8. The number of ether oxygens (including phenoxy) is 1. The molecule has 1 heterocycles. The fourth-order valence-corrected chi connectivity index (χ4v) is 4.75. The van der Waals surface area contributed by atoms with Gasteiger partial charge in [-0.1, -0.05) is 50.2 Å². The molecule has 1 aliphatic carbocycles. The van der Waals surface area contributed by atoms with E-state index in [1.807, 2.05) is 6.07 Å². The van der Waals surface area contributed by atoms with E-state index >= 15 is 0 Å². The fourth-order valence-electron chi connectivity index (χ4n) is 4.75. The van der Waals surface area contributed by atoms with E-state index in [0.29, 0.717) is 18.9 Å². The molecule has 2 aliphatic rings. The molecule has 2 atom stereocenters. The van der Waals surface area contributed by atoms with Crippen molar-refractivity contribution in [1.29, 1.82) is 0 Å². The lowest BCUT2D eigenvalue weighted by Crippen LogP contribution is -2.38. The molecule has 0 spiro atoms. The second-order valence-corrected chi connectivity index (χ2v) is 9.40. The van der Waals surface area contributed by atoms with Crippen molar-refractivity contribution in [1.82, 2.24) is 4.90 Å². The summed E-state index contributed by atoms with van der Waals surface area (Å²) in [4.78, 5) is 37.0. The minimum absolute atomic E-state index is 0.00275. The van der Waals surface area contributed by atoms with Gasteiger partial charge in [-0.15, -0.1) is 0 Å². The summed E-state index contributed by atoms with van der Waals surface area (Å²) in [5.74, 6) is -0.390. The molecule has 2 amide bonds. The zero-order valence-electron chi connectivity index (χ0n) is 18.9. The lowest BCUT2D eigenvalue weighted by Gasteiger charge is -2.27. The first-order chi connectivity index (χ1) is 15.7. The van der Waals surface area contributed by atoms with Gasteiger partial charge in [0, 0.05) is 24.5 Å². The number of rotatable bonds is 9. The Morgan fingerprint density at radius 3 is 2.52 bits per heavy atom. The molecule has 1 aliphatic heterocycles. The Morgan fingerprint density at radius 2 is 1.94 bits per heavy atom. The summed E-state index contributed by atoms with van der Waals surface area (Å²) in [5, 5.41) is 10.9. The summed E-state index contributed by atoms with van der Waals surface area (Å²) in [6.45, 7) is 4.67. The van der Waals surface area contributed by atoms with Crippen LogP contribution in [0, 0.1) is 16.0 Å². The predicted octanol–water partition coefficient (Wildman–Crippen LogP) is 4.26. The van der Waals surface area contributed by atoms with Gasteiger partial charge in [0.05, 0.1) is 17.0 Å².